The van der Waals surface area contributed by atoms with Gasteiger partial charge in [0, 0.05) is 14.1 Å². The number of hydrogen-bond donors (Lipinski definition) is 1. The van der Waals surface area contributed by atoms with Gasteiger partial charge < -0.3 is 4.90 Å². The summed E-state index contributed by atoms with van der Waals surface area (Å²) in [6.45, 7) is 0. The Balaban J connectivity index is 2.90. The second-order valence-corrected chi connectivity index (χ2v) is 2.87. The van der Waals surface area contributed by atoms with Gasteiger partial charge in [-0.3, -0.25) is 5.41 Å². The standard InChI is InChI=1S/C7H9ClN4/c1-12(2)7(9)5-3-4-6(8)11-10-5/h3-4,9H,1-2H3. The summed E-state index contributed by atoms with van der Waals surface area (Å²) >= 11 is 5.54. The predicted octanol–water partition coefficient (Wildman–Crippen LogP) is 1.02. The Morgan fingerprint density at radius 1 is 1.42 bits per heavy atom. The van der Waals surface area contributed by atoms with E-state index in [1.54, 1.807) is 31.1 Å². The Kier molecular flexibility index (Phi) is 2.60. The number of aromatic nitrogens is 2. The van der Waals surface area contributed by atoms with Gasteiger partial charge in [-0.2, -0.15) is 0 Å². The highest BCUT2D eigenvalue weighted by molar-refractivity contribution is 6.29. The van der Waals surface area contributed by atoms with Crippen molar-refractivity contribution in [2.45, 2.75) is 0 Å². The lowest BCUT2D eigenvalue weighted by Crippen LogP contribution is -2.23. The Labute approximate surface area is 75.7 Å². The van der Waals surface area contributed by atoms with Crippen molar-refractivity contribution >= 4 is 17.4 Å². The van der Waals surface area contributed by atoms with E-state index >= 15 is 0 Å². The lowest BCUT2D eigenvalue weighted by atomic mass is 10.3. The normalized spacial score (nSPS) is 9.58. The van der Waals surface area contributed by atoms with Crippen LogP contribution in [0.5, 0.6) is 0 Å². The Hall–Kier alpha value is -1.16. The van der Waals surface area contributed by atoms with Crippen molar-refractivity contribution in [1.82, 2.24) is 15.1 Å². The maximum absolute atomic E-state index is 7.54. The van der Waals surface area contributed by atoms with Gasteiger partial charge in [-0.1, -0.05) is 11.6 Å². The number of rotatable bonds is 1. The average Bonchev–Trinajstić information content (AvgIpc) is 2.04. The number of nitrogens with one attached hydrogen (secondary N) is 1. The van der Waals surface area contributed by atoms with Crippen molar-refractivity contribution in [2.75, 3.05) is 14.1 Å². The fourth-order valence-electron chi connectivity index (χ4n) is 0.671. The van der Waals surface area contributed by atoms with Gasteiger partial charge in [-0.15, -0.1) is 10.2 Å². The average molecular weight is 185 g/mol. The largest absolute Gasteiger partial charge is 0.361 e. The first-order valence-electron chi connectivity index (χ1n) is 3.36. The van der Waals surface area contributed by atoms with Crippen LogP contribution in [0.2, 0.25) is 5.15 Å². The van der Waals surface area contributed by atoms with Crippen LogP contribution in [0, 0.1) is 5.41 Å². The molecule has 0 aliphatic carbocycles. The summed E-state index contributed by atoms with van der Waals surface area (Å²) in [5, 5.41) is 15.3. The lowest BCUT2D eigenvalue weighted by molar-refractivity contribution is 0.615. The number of hydrogen-bond acceptors (Lipinski definition) is 3. The SMILES string of the molecule is CN(C)C(=N)c1ccc(Cl)nn1. The van der Waals surface area contributed by atoms with Crippen LogP contribution in [-0.2, 0) is 0 Å². The van der Waals surface area contributed by atoms with Crippen molar-refractivity contribution in [2.24, 2.45) is 0 Å². The third-order valence-electron chi connectivity index (χ3n) is 1.32. The topological polar surface area (TPSA) is 52.9 Å². The molecule has 1 N–H and O–H groups in total. The van der Waals surface area contributed by atoms with Gasteiger partial charge in [-0.05, 0) is 12.1 Å². The molecule has 0 aliphatic rings. The molecule has 5 heteroatoms. The van der Waals surface area contributed by atoms with Gasteiger partial charge in [0.1, 0.15) is 11.5 Å². The van der Waals surface area contributed by atoms with Crippen LogP contribution >= 0.6 is 11.6 Å². The molecule has 0 saturated carbocycles. The zero-order chi connectivity index (χ0) is 9.14. The minimum absolute atomic E-state index is 0.319. The molecule has 4 nitrogen and oxygen atoms in total. The van der Waals surface area contributed by atoms with Crippen molar-refractivity contribution in [1.29, 1.82) is 5.41 Å². The zero-order valence-electron chi connectivity index (χ0n) is 6.87. The summed E-state index contributed by atoms with van der Waals surface area (Å²) in [5.74, 6) is 0.319. The minimum Gasteiger partial charge on any atom is -0.361 e. The van der Waals surface area contributed by atoms with Crippen LogP contribution in [0.4, 0.5) is 0 Å². The first-order valence-corrected chi connectivity index (χ1v) is 3.74. The summed E-state index contributed by atoms with van der Waals surface area (Å²) in [6.07, 6.45) is 0. The molecule has 1 heterocycles. The zero-order valence-corrected chi connectivity index (χ0v) is 7.63. The Bertz CT molecular complexity index is 280. The highest BCUT2D eigenvalue weighted by Gasteiger charge is 2.04. The number of nitrogens with zero attached hydrogens (tertiary/aromatic N) is 3. The Morgan fingerprint density at radius 3 is 2.50 bits per heavy atom. The van der Waals surface area contributed by atoms with E-state index in [0.29, 0.717) is 16.7 Å². The van der Waals surface area contributed by atoms with E-state index in [-0.39, 0.29) is 0 Å². The van der Waals surface area contributed by atoms with Crippen LogP contribution < -0.4 is 0 Å². The van der Waals surface area contributed by atoms with Gasteiger partial charge in [0.2, 0.25) is 0 Å². The minimum atomic E-state index is 0.319. The molecule has 0 aliphatic heterocycles. The van der Waals surface area contributed by atoms with Crippen LogP contribution in [0.3, 0.4) is 0 Å². The van der Waals surface area contributed by atoms with Crippen molar-refractivity contribution in [3.05, 3.63) is 23.0 Å². The smallest absolute Gasteiger partial charge is 0.151 e. The van der Waals surface area contributed by atoms with E-state index in [1.807, 2.05) is 0 Å². The van der Waals surface area contributed by atoms with Crippen molar-refractivity contribution in [3.8, 4) is 0 Å². The molecule has 0 spiro atoms. The third-order valence-corrected chi connectivity index (χ3v) is 1.52. The summed E-state index contributed by atoms with van der Waals surface area (Å²) in [7, 11) is 3.55. The van der Waals surface area contributed by atoms with Gasteiger partial charge in [-0.25, -0.2) is 0 Å². The molecule has 1 aromatic rings. The molecule has 1 aromatic heterocycles. The molecule has 12 heavy (non-hydrogen) atoms. The fraction of sp³-hybridized carbons (Fsp3) is 0.286. The molecule has 0 atom stereocenters. The first kappa shape index (κ1) is 8.93. The molecule has 0 amide bonds. The van der Waals surface area contributed by atoms with Gasteiger partial charge in [0.15, 0.2) is 5.15 Å². The molecule has 1 rings (SSSR count). The van der Waals surface area contributed by atoms with Gasteiger partial charge in [0.25, 0.3) is 0 Å². The lowest BCUT2D eigenvalue weighted by Gasteiger charge is -2.11. The molecule has 0 fully saturated rings. The maximum Gasteiger partial charge on any atom is 0.151 e. The predicted molar refractivity (Wildman–Crippen MR) is 47.6 cm³/mol. The number of amidine groups is 1. The monoisotopic (exact) mass is 184 g/mol. The molecular formula is C7H9ClN4. The van der Waals surface area contributed by atoms with Crippen LogP contribution in [0.25, 0.3) is 0 Å². The molecule has 0 radical (unpaired) electrons. The van der Waals surface area contributed by atoms with Crippen molar-refractivity contribution in [3.63, 3.8) is 0 Å². The molecular weight excluding hydrogens is 176 g/mol. The van der Waals surface area contributed by atoms with Crippen LogP contribution in [0.15, 0.2) is 12.1 Å². The maximum atomic E-state index is 7.54. The highest BCUT2D eigenvalue weighted by Crippen LogP contribution is 2.03. The fourth-order valence-corrected chi connectivity index (χ4v) is 0.772. The van der Waals surface area contributed by atoms with E-state index in [4.69, 9.17) is 17.0 Å². The van der Waals surface area contributed by atoms with E-state index in [9.17, 15) is 0 Å². The summed E-state index contributed by atoms with van der Waals surface area (Å²) in [6, 6.07) is 3.28. The highest BCUT2D eigenvalue weighted by atomic mass is 35.5. The molecule has 0 saturated heterocycles. The van der Waals surface area contributed by atoms with E-state index in [0.717, 1.165) is 0 Å². The molecule has 0 aromatic carbocycles. The van der Waals surface area contributed by atoms with Crippen molar-refractivity contribution < 1.29 is 0 Å². The van der Waals surface area contributed by atoms with E-state index < -0.39 is 0 Å². The molecule has 0 bridgehead atoms. The second kappa shape index (κ2) is 3.49. The van der Waals surface area contributed by atoms with E-state index in [1.165, 1.54) is 0 Å². The summed E-state index contributed by atoms with van der Waals surface area (Å²) in [5.41, 5.74) is 0.518. The van der Waals surface area contributed by atoms with Crippen LogP contribution in [-0.4, -0.2) is 35.0 Å². The molecule has 64 valence electrons. The molecule has 0 unspecified atom stereocenters. The third kappa shape index (κ3) is 1.92. The quantitative estimate of drug-likeness (QED) is 0.524. The second-order valence-electron chi connectivity index (χ2n) is 2.48. The summed E-state index contributed by atoms with van der Waals surface area (Å²) < 4.78 is 0. The van der Waals surface area contributed by atoms with Gasteiger partial charge in [0.05, 0.1) is 0 Å². The van der Waals surface area contributed by atoms with Gasteiger partial charge >= 0.3 is 0 Å². The first-order chi connectivity index (χ1) is 5.61. The van der Waals surface area contributed by atoms with Crippen LogP contribution in [0.1, 0.15) is 5.69 Å². The Morgan fingerprint density at radius 2 is 2.08 bits per heavy atom. The van der Waals surface area contributed by atoms with E-state index in [2.05, 4.69) is 10.2 Å². The summed E-state index contributed by atoms with van der Waals surface area (Å²) in [4.78, 5) is 1.65. The number of halogens is 1.